The van der Waals surface area contributed by atoms with Gasteiger partial charge in [-0.25, -0.2) is 0 Å². The molecule has 0 unspecified atom stereocenters. The molecule has 1 aliphatic rings. The van der Waals surface area contributed by atoms with Gasteiger partial charge in [-0.15, -0.1) is 10.2 Å². The Bertz CT molecular complexity index is 937. The number of amides is 2. The number of likely N-dealkylation sites (tertiary alicyclic amines) is 1. The van der Waals surface area contributed by atoms with Crippen molar-refractivity contribution in [2.24, 2.45) is 0 Å². The Morgan fingerprint density at radius 3 is 2.70 bits per heavy atom. The minimum atomic E-state index is -0.184. The average Bonchev–Trinajstić information content (AvgIpc) is 3.43. The zero-order chi connectivity index (χ0) is 18.6. The highest BCUT2D eigenvalue weighted by molar-refractivity contribution is 7.99. The third-order valence-electron chi connectivity index (χ3n) is 4.34. The Hall–Kier alpha value is -2.87. The summed E-state index contributed by atoms with van der Waals surface area (Å²) in [5.41, 5.74) is 0.935. The van der Waals surface area contributed by atoms with Crippen molar-refractivity contribution >= 4 is 23.6 Å². The molecular weight excluding hydrogens is 364 g/mol. The minimum absolute atomic E-state index is 0.0948. The first-order valence-corrected chi connectivity index (χ1v) is 9.68. The van der Waals surface area contributed by atoms with Crippen LogP contribution in [-0.2, 0) is 16.1 Å². The highest BCUT2D eigenvalue weighted by Crippen LogP contribution is 2.26. The molecule has 7 nitrogen and oxygen atoms in total. The van der Waals surface area contributed by atoms with Crippen LogP contribution in [0.5, 0.6) is 0 Å². The van der Waals surface area contributed by atoms with Gasteiger partial charge in [0.15, 0.2) is 11.0 Å². The van der Waals surface area contributed by atoms with Crippen molar-refractivity contribution in [1.82, 2.24) is 19.7 Å². The van der Waals surface area contributed by atoms with E-state index in [9.17, 15) is 9.59 Å². The lowest BCUT2D eigenvalue weighted by Crippen LogP contribution is -2.33. The lowest BCUT2D eigenvalue weighted by molar-refractivity contribution is -0.140. The van der Waals surface area contributed by atoms with Gasteiger partial charge in [-0.05, 0) is 18.6 Å². The SMILES string of the molecule is O=C1CCCN1C(=O)CSc1nnc(-c2ccccc2)n1Cc1ccco1. The largest absolute Gasteiger partial charge is 0.467 e. The van der Waals surface area contributed by atoms with Gasteiger partial charge in [-0.3, -0.25) is 19.1 Å². The van der Waals surface area contributed by atoms with Gasteiger partial charge in [-0.1, -0.05) is 42.1 Å². The van der Waals surface area contributed by atoms with Crippen LogP contribution in [0.1, 0.15) is 18.6 Å². The molecule has 0 spiro atoms. The molecule has 27 heavy (non-hydrogen) atoms. The molecule has 0 saturated carbocycles. The number of furan rings is 1. The summed E-state index contributed by atoms with van der Waals surface area (Å²) in [4.78, 5) is 25.4. The number of rotatable bonds is 6. The number of hydrogen-bond acceptors (Lipinski definition) is 6. The smallest absolute Gasteiger partial charge is 0.239 e. The van der Waals surface area contributed by atoms with E-state index in [1.165, 1.54) is 16.7 Å². The van der Waals surface area contributed by atoms with Crippen LogP contribution < -0.4 is 0 Å². The highest BCUT2D eigenvalue weighted by atomic mass is 32.2. The first kappa shape index (κ1) is 17.5. The summed E-state index contributed by atoms with van der Waals surface area (Å²) in [6, 6.07) is 13.5. The van der Waals surface area contributed by atoms with Crippen molar-refractivity contribution in [2.75, 3.05) is 12.3 Å². The van der Waals surface area contributed by atoms with Crippen molar-refractivity contribution in [2.45, 2.75) is 24.5 Å². The summed E-state index contributed by atoms with van der Waals surface area (Å²) < 4.78 is 7.40. The summed E-state index contributed by atoms with van der Waals surface area (Å²) in [6.07, 6.45) is 2.81. The number of carbonyl (C=O) groups is 2. The van der Waals surface area contributed by atoms with Crippen LogP contribution in [0.25, 0.3) is 11.4 Å². The molecule has 0 aliphatic carbocycles. The van der Waals surface area contributed by atoms with E-state index >= 15 is 0 Å². The molecule has 1 aromatic carbocycles. The van der Waals surface area contributed by atoms with Crippen molar-refractivity contribution < 1.29 is 14.0 Å². The Balaban J connectivity index is 1.57. The number of imide groups is 1. The monoisotopic (exact) mass is 382 g/mol. The van der Waals surface area contributed by atoms with Crippen LogP contribution in [0.4, 0.5) is 0 Å². The van der Waals surface area contributed by atoms with Crippen LogP contribution in [0.3, 0.4) is 0 Å². The topological polar surface area (TPSA) is 81.2 Å². The first-order valence-electron chi connectivity index (χ1n) is 8.69. The molecule has 8 heteroatoms. The standard InChI is InChI=1S/C19H18N4O3S/c24-16-9-4-10-22(16)17(25)13-27-19-21-20-18(14-6-2-1-3-7-14)23(19)12-15-8-5-11-26-15/h1-3,5-8,11H,4,9-10,12-13H2. The van der Waals surface area contributed by atoms with Crippen molar-refractivity contribution in [3.8, 4) is 11.4 Å². The lowest BCUT2D eigenvalue weighted by atomic mass is 10.2. The van der Waals surface area contributed by atoms with Gasteiger partial charge in [0.25, 0.3) is 0 Å². The molecule has 0 bridgehead atoms. The van der Waals surface area contributed by atoms with Gasteiger partial charge in [-0.2, -0.15) is 0 Å². The minimum Gasteiger partial charge on any atom is -0.467 e. The first-order chi connectivity index (χ1) is 13.2. The number of nitrogens with zero attached hydrogens (tertiary/aromatic N) is 4. The summed E-state index contributed by atoms with van der Waals surface area (Å²) in [5.74, 6) is 1.35. The Morgan fingerprint density at radius 1 is 1.15 bits per heavy atom. The molecule has 1 fully saturated rings. The Labute approximate surface area is 160 Å². The van der Waals surface area contributed by atoms with Crippen molar-refractivity contribution in [3.05, 3.63) is 54.5 Å². The van der Waals surface area contributed by atoms with Crippen molar-refractivity contribution in [3.63, 3.8) is 0 Å². The second kappa shape index (κ2) is 7.79. The number of thioether (sulfide) groups is 1. The van der Waals surface area contributed by atoms with Crippen molar-refractivity contribution in [1.29, 1.82) is 0 Å². The van der Waals surface area contributed by atoms with Crippen LogP contribution in [-0.4, -0.2) is 43.8 Å². The molecule has 1 aliphatic heterocycles. The summed E-state index contributed by atoms with van der Waals surface area (Å²) >= 11 is 1.29. The van der Waals surface area contributed by atoms with Gasteiger partial charge < -0.3 is 4.42 Å². The van der Waals surface area contributed by atoms with Crippen LogP contribution in [0, 0.1) is 0 Å². The number of aromatic nitrogens is 3. The molecule has 4 rings (SSSR count). The third kappa shape index (κ3) is 3.80. The molecular formula is C19H18N4O3S. The zero-order valence-electron chi connectivity index (χ0n) is 14.6. The maximum absolute atomic E-state index is 12.3. The quantitative estimate of drug-likeness (QED) is 0.610. The molecule has 0 atom stereocenters. The number of hydrogen-bond donors (Lipinski definition) is 0. The van der Waals surface area contributed by atoms with E-state index in [4.69, 9.17) is 4.42 Å². The van der Waals surface area contributed by atoms with Crippen LogP contribution in [0.15, 0.2) is 58.3 Å². The molecule has 1 saturated heterocycles. The predicted octanol–water partition coefficient (Wildman–Crippen LogP) is 2.83. The van der Waals surface area contributed by atoms with Gasteiger partial charge in [0.05, 0.1) is 18.6 Å². The van der Waals surface area contributed by atoms with E-state index in [1.807, 2.05) is 47.0 Å². The third-order valence-corrected chi connectivity index (χ3v) is 5.29. The summed E-state index contributed by atoms with van der Waals surface area (Å²) in [5, 5.41) is 9.20. The Kier molecular flexibility index (Phi) is 5.06. The molecule has 2 aromatic heterocycles. The fraction of sp³-hybridized carbons (Fsp3) is 0.263. The average molecular weight is 382 g/mol. The van der Waals surface area contributed by atoms with Gasteiger partial charge in [0.1, 0.15) is 5.76 Å². The molecule has 0 radical (unpaired) electrons. The zero-order valence-corrected chi connectivity index (χ0v) is 15.4. The lowest BCUT2D eigenvalue weighted by Gasteiger charge is -2.13. The fourth-order valence-electron chi connectivity index (χ4n) is 3.01. The molecule has 138 valence electrons. The second-order valence-electron chi connectivity index (χ2n) is 6.17. The molecule has 3 aromatic rings. The molecule has 3 heterocycles. The summed E-state index contributed by atoms with van der Waals surface area (Å²) in [7, 11) is 0. The van der Waals surface area contributed by atoms with Gasteiger partial charge in [0, 0.05) is 18.5 Å². The maximum Gasteiger partial charge on any atom is 0.239 e. The number of carbonyl (C=O) groups excluding carboxylic acids is 2. The van der Waals surface area contributed by atoms with E-state index < -0.39 is 0 Å². The normalized spacial score (nSPS) is 14.1. The molecule has 0 N–H and O–H groups in total. The van der Waals surface area contributed by atoms with E-state index in [-0.39, 0.29) is 17.6 Å². The Morgan fingerprint density at radius 2 is 2.00 bits per heavy atom. The second-order valence-corrected chi connectivity index (χ2v) is 7.11. The van der Waals surface area contributed by atoms with E-state index in [0.717, 1.165) is 17.7 Å². The van der Waals surface area contributed by atoms with E-state index in [0.29, 0.717) is 30.5 Å². The fourth-order valence-corrected chi connectivity index (χ4v) is 3.83. The van der Waals surface area contributed by atoms with E-state index in [2.05, 4.69) is 10.2 Å². The predicted molar refractivity (Wildman–Crippen MR) is 99.9 cm³/mol. The van der Waals surface area contributed by atoms with Crippen LogP contribution in [0.2, 0.25) is 0 Å². The maximum atomic E-state index is 12.3. The van der Waals surface area contributed by atoms with E-state index in [1.54, 1.807) is 6.26 Å². The van der Waals surface area contributed by atoms with Gasteiger partial charge >= 0.3 is 0 Å². The molecule has 2 amide bonds. The van der Waals surface area contributed by atoms with Crippen LogP contribution >= 0.6 is 11.8 Å². The van der Waals surface area contributed by atoms with Gasteiger partial charge in [0.2, 0.25) is 11.8 Å². The summed E-state index contributed by atoms with van der Waals surface area (Å²) in [6.45, 7) is 0.968. The highest BCUT2D eigenvalue weighted by Gasteiger charge is 2.27. The number of benzene rings is 1.